The van der Waals surface area contributed by atoms with Crippen LogP contribution in [0.4, 0.5) is 0 Å². The fraction of sp³-hybridized carbons (Fsp3) is 0.909. The van der Waals surface area contributed by atoms with Gasteiger partial charge in [-0.1, -0.05) is 0 Å². The summed E-state index contributed by atoms with van der Waals surface area (Å²) in [6.45, 7) is 5.24. The maximum Gasteiger partial charge on any atom is 0.263 e. The molecule has 2 heterocycles. The van der Waals surface area contributed by atoms with Crippen LogP contribution in [-0.4, -0.2) is 55.7 Å². The number of carbonyl (C=O) groups is 1. The molecule has 6 heteroatoms. The lowest BCUT2D eigenvalue weighted by Crippen LogP contribution is -2.40. The van der Waals surface area contributed by atoms with Crippen LogP contribution < -0.4 is 16.6 Å². The highest BCUT2D eigenvalue weighted by atomic mass is 16.5. The molecule has 2 rings (SSSR count). The van der Waals surface area contributed by atoms with Crippen molar-refractivity contribution in [3.8, 4) is 0 Å². The number of nitrogens with zero attached hydrogens (tertiary/aromatic N) is 1. The van der Waals surface area contributed by atoms with E-state index in [2.05, 4.69) is 15.6 Å². The largest absolute Gasteiger partial charge is 0.364 e. The van der Waals surface area contributed by atoms with Gasteiger partial charge in [0.1, 0.15) is 6.10 Å². The molecule has 4 N–H and O–H groups in total. The van der Waals surface area contributed by atoms with Gasteiger partial charge in [0.05, 0.1) is 6.10 Å². The fourth-order valence-electron chi connectivity index (χ4n) is 2.50. The predicted octanol–water partition coefficient (Wildman–Crippen LogP) is -1.18. The predicted molar refractivity (Wildman–Crippen MR) is 64.2 cm³/mol. The molecule has 0 aromatic heterocycles. The molecule has 6 nitrogen and oxygen atoms in total. The average molecular weight is 242 g/mol. The van der Waals surface area contributed by atoms with E-state index in [9.17, 15) is 4.79 Å². The molecule has 0 aliphatic carbocycles. The third-order valence-corrected chi connectivity index (χ3v) is 3.44. The third-order valence-electron chi connectivity index (χ3n) is 3.44. The highest BCUT2D eigenvalue weighted by Gasteiger charge is 2.31. The number of hydrazine groups is 1. The highest BCUT2D eigenvalue weighted by molar-refractivity contribution is 5.80. The SMILES string of the molecule is NNC(=O)C1CCC(CN2CCCNCC2)O1. The van der Waals surface area contributed by atoms with Gasteiger partial charge in [-0.15, -0.1) is 0 Å². The van der Waals surface area contributed by atoms with E-state index >= 15 is 0 Å². The number of hydrogen-bond acceptors (Lipinski definition) is 5. The molecule has 0 spiro atoms. The van der Waals surface area contributed by atoms with Gasteiger partial charge in [0.15, 0.2) is 0 Å². The number of nitrogens with two attached hydrogens (primary N) is 1. The summed E-state index contributed by atoms with van der Waals surface area (Å²) in [7, 11) is 0. The first-order valence-corrected chi connectivity index (χ1v) is 6.38. The van der Waals surface area contributed by atoms with Gasteiger partial charge >= 0.3 is 0 Å². The Balaban J connectivity index is 1.74. The zero-order valence-corrected chi connectivity index (χ0v) is 10.2. The lowest BCUT2D eigenvalue weighted by atomic mass is 10.2. The van der Waals surface area contributed by atoms with Crippen molar-refractivity contribution in [1.82, 2.24) is 15.6 Å². The third kappa shape index (κ3) is 3.64. The molecular weight excluding hydrogens is 220 g/mol. The van der Waals surface area contributed by atoms with Gasteiger partial charge in [0.2, 0.25) is 0 Å². The van der Waals surface area contributed by atoms with Gasteiger partial charge in [-0.05, 0) is 32.4 Å². The van der Waals surface area contributed by atoms with Crippen molar-refractivity contribution in [1.29, 1.82) is 0 Å². The van der Waals surface area contributed by atoms with E-state index in [-0.39, 0.29) is 18.1 Å². The summed E-state index contributed by atoms with van der Waals surface area (Å²) < 4.78 is 5.70. The van der Waals surface area contributed by atoms with Crippen LogP contribution in [0.3, 0.4) is 0 Å². The minimum Gasteiger partial charge on any atom is -0.364 e. The molecule has 0 aromatic carbocycles. The second kappa shape index (κ2) is 6.30. The first kappa shape index (κ1) is 12.8. The number of amides is 1. The van der Waals surface area contributed by atoms with Crippen LogP contribution in [0.1, 0.15) is 19.3 Å². The molecular formula is C11H22N4O2. The standard InChI is InChI=1S/C11H22N4O2/c12-14-11(16)10-3-2-9(17-10)8-15-6-1-4-13-5-7-15/h9-10,13H,1-8,12H2,(H,14,16). The van der Waals surface area contributed by atoms with E-state index in [4.69, 9.17) is 10.6 Å². The Morgan fingerprint density at radius 2 is 2.29 bits per heavy atom. The summed E-state index contributed by atoms with van der Waals surface area (Å²) in [5.41, 5.74) is 2.15. The van der Waals surface area contributed by atoms with Gasteiger partial charge in [-0.25, -0.2) is 5.84 Å². The maximum absolute atomic E-state index is 11.3. The first-order valence-electron chi connectivity index (χ1n) is 6.38. The highest BCUT2D eigenvalue weighted by Crippen LogP contribution is 2.20. The van der Waals surface area contributed by atoms with Crippen molar-refractivity contribution < 1.29 is 9.53 Å². The van der Waals surface area contributed by atoms with E-state index in [1.165, 1.54) is 6.42 Å². The number of rotatable bonds is 3. The van der Waals surface area contributed by atoms with Crippen LogP contribution in [0.25, 0.3) is 0 Å². The van der Waals surface area contributed by atoms with E-state index < -0.39 is 0 Å². The van der Waals surface area contributed by atoms with E-state index in [0.29, 0.717) is 0 Å². The Kier molecular flexibility index (Phi) is 4.73. The van der Waals surface area contributed by atoms with Gasteiger partial charge < -0.3 is 10.1 Å². The lowest BCUT2D eigenvalue weighted by molar-refractivity contribution is -0.132. The van der Waals surface area contributed by atoms with Crippen molar-refractivity contribution in [3.63, 3.8) is 0 Å². The molecule has 17 heavy (non-hydrogen) atoms. The molecule has 2 aliphatic heterocycles. The molecule has 0 saturated carbocycles. The fourth-order valence-corrected chi connectivity index (χ4v) is 2.50. The quantitative estimate of drug-likeness (QED) is 0.330. The number of hydrogen-bond donors (Lipinski definition) is 3. The molecule has 2 aliphatic rings. The monoisotopic (exact) mass is 242 g/mol. The topological polar surface area (TPSA) is 79.6 Å². The van der Waals surface area contributed by atoms with Crippen LogP contribution >= 0.6 is 0 Å². The molecule has 2 fully saturated rings. The molecule has 0 bridgehead atoms. The summed E-state index contributed by atoms with van der Waals surface area (Å²) in [6.07, 6.45) is 2.73. The summed E-state index contributed by atoms with van der Waals surface area (Å²) in [6, 6.07) is 0. The second-order valence-electron chi connectivity index (χ2n) is 4.74. The zero-order valence-electron chi connectivity index (χ0n) is 10.2. The maximum atomic E-state index is 11.3. The van der Waals surface area contributed by atoms with Gasteiger partial charge in [-0.2, -0.15) is 0 Å². The first-order chi connectivity index (χ1) is 8.29. The van der Waals surface area contributed by atoms with Crippen molar-refractivity contribution in [2.75, 3.05) is 32.7 Å². The van der Waals surface area contributed by atoms with Crippen LogP contribution in [-0.2, 0) is 9.53 Å². The molecule has 2 unspecified atom stereocenters. The number of carbonyl (C=O) groups excluding carboxylic acids is 1. The second-order valence-corrected chi connectivity index (χ2v) is 4.74. The summed E-state index contributed by atoms with van der Waals surface area (Å²) in [5.74, 6) is 4.90. The van der Waals surface area contributed by atoms with Crippen LogP contribution in [0, 0.1) is 0 Å². The Hall–Kier alpha value is -0.690. The van der Waals surface area contributed by atoms with Crippen molar-refractivity contribution in [3.05, 3.63) is 0 Å². The molecule has 98 valence electrons. The normalized spacial score (nSPS) is 31.1. The van der Waals surface area contributed by atoms with Crippen molar-refractivity contribution in [2.24, 2.45) is 5.84 Å². The molecule has 0 aromatic rings. The molecule has 2 saturated heterocycles. The van der Waals surface area contributed by atoms with Crippen molar-refractivity contribution in [2.45, 2.75) is 31.5 Å². The Labute approximate surface area is 102 Å². The van der Waals surface area contributed by atoms with Gasteiger partial charge in [-0.3, -0.25) is 15.1 Å². The smallest absolute Gasteiger partial charge is 0.263 e. The summed E-state index contributed by atoms with van der Waals surface area (Å²) >= 11 is 0. The van der Waals surface area contributed by atoms with Gasteiger partial charge in [0.25, 0.3) is 5.91 Å². The minimum atomic E-state index is -0.352. The van der Waals surface area contributed by atoms with E-state index in [1.54, 1.807) is 0 Å². The number of ether oxygens (including phenoxy) is 1. The Morgan fingerprint density at radius 1 is 1.41 bits per heavy atom. The molecule has 0 radical (unpaired) electrons. The van der Waals surface area contributed by atoms with Crippen LogP contribution in [0.5, 0.6) is 0 Å². The zero-order chi connectivity index (χ0) is 12.1. The molecule has 1 amide bonds. The van der Waals surface area contributed by atoms with Crippen LogP contribution in [0.2, 0.25) is 0 Å². The van der Waals surface area contributed by atoms with Crippen LogP contribution in [0.15, 0.2) is 0 Å². The molecule has 2 atom stereocenters. The van der Waals surface area contributed by atoms with Gasteiger partial charge in [0, 0.05) is 19.6 Å². The summed E-state index contributed by atoms with van der Waals surface area (Å²) in [5, 5.41) is 3.38. The van der Waals surface area contributed by atoms with E-state index in [1.807, 2.05) is 0 Å². The summed E-state index contributed by atoms with van der Waals surface area (Å²) in [4.78, 5) is 13.7. The number of nitrogens with one attached hydrogen (secondary N) is 2. The Morgan fingerprint density at radius 3 is 3.12 bits per heavy atom. The van der Waals surface area contributed by atoms with Crippen molar-refractivity contribution >= 4 is 5.91 Å². The lowest BCUT2D eigenvalue weighted by Gasteiger charge is -2.23. The Bertz CT molecular complexity index is 254. The minimum absolute atomic E-state index is 0.176. The average Bonchev–Trinajstić information content (AvgIpc) is 2.65. The van der Waals surface area contributed by atoms with E-state index in [0.717, 1.165) is 45.6 Å².